The molecule has 72 valence electrons. The minimum Gasteiger partial charge on any atom is -0.480 e. The van der Waals surface area contributed by atoms with Crippen molar-refractivity contribution in [3.8, 4) is 0 Å². The number of hydrogen-bond acceptors (Lipinski definition) is 3. The lowest BCUT2D eigenvalue weighted by atomic mass is 10.0. The van der Waals surface area contributed by atoms with E-state index in [1.54, 1.807) is 6.92 Å². The Bertz CT molecular complexity index is 258. The molecule has 0 radical (unpaired) electrons. The van der Waals surface area contributed by atoms with E-state index in [2.05, 4.69) is 6.58 Å². The number of carbonyl (C=O) groups is 2. The molecule has 13 heavy (non-hydrogen) atoms. The van der Waals surface area contributed by atoms with E-state index in [-0.39, 0.29) is 12.5 Å². The van der Waals surface area contributed by atoms with Gasteiger partial charge in [0.25, 0.3) is 0 Å². The smallest absolute Gasteiger partial charge is 0.324 e. The first-order valence-electron chi connectivity index (χ1n) is 4.12. The van der Waals surface area contributed by atoms with Crippen LogP contribution >= 0.6 is 0 Å². The zero-order valence-corrected chi connectivity index (χ0v) is 7.45. The summed E-state index contributed by atoms with van der Waals surface area (Å²) in [5, 5.41) is 8.85. The number of allylic oxidation sites excluding steroid dienone is 1. The Labute approximate surface area is 76.2 Å². The van der Waals surface area contributed by atoms with Crippen molar-refractivity contribution in [1.29, 1.82) is 0 Å². The van der Waals surface area contributed by atoms with Crippen LogP contribution in [0.5, 0.6) is 0 Å². The Morgan fingerprint density at radius 1 is 1.77 bits per heavy atom. The fraction of sp³-hybridized carbons (Fsp3) is 0.556. The van der Waals surface area contributed by atoms with Crippen LogP contribution in [0.15, 0.2) is 12.7 Å². The first kappa shape index (κ1) is 9.77. The van der Waals surface area contributed by atoms with E-state index >= 15 is 0 Å². The zero-order valence-electron chi connectivity index (χ0n) is 7.45. The number of hydrogen-bond donors (Lipinski definition) is 1. The van der Waals surface area contributed by atoms with E-state index < -0.39 is 17.4 Å². The normalized spacial score (nSPS) is 30.7. The van der Waals surface area contributed by atoms with E-state index in [4.69, 9.17) is 9.84 Å². The van der Waals surface area contributed by atoms with E-state index in [9.17, 15) is 9.59 Å². The summed E-state index contributed by atoms with van der Waals surface area (Å²) in [5.41, 5.74) is -1.34. The van der Waals surface area contributed by atoms with Crippen molar-refractivity contribution in [2.45, 2.75) is 13.3 Å². The standard InChI is InChI=1S/C9H12O4/c1-3-6-5-9(6,7(10)11)8(12)13-4-2/h3,6H,1,4-5H2,2H3,(H,10,11). The van der Waals surface area contributed by atoms with Crippen LogP contribution in [-0.2, 0) is 14.3 Å². The highest BCUT2D eigenvalue weighted by molar-refractivity contribution is 6.03. The topological polar surface area (TPSA) is 63.6 Å². The number of esters is 1. The molecule has 2 unspecified atom stereocenters. The molecule has 0 aromatic heterocycles. The molecular formula is C9H12O4. The largest absolute Gasteiger partial charge is 0.480 e. The molecule has 1 saturated carbocycles. The van der Waals surface area contributed by atoms with Crippen molar-refractivity contribution < 1.29 is 19.4 Å². The number of carboxylic acid groups (broad SMARTS) is 1. The second kappa shape index (κ2) is 3.20. The molecule has 4 heteroatoms. The second-order valence-corrected chi connectivity index (χ2v) is 3.04. The molecule has 1 rings (SSSR count). The van der Waals surface area contributed by atoms with Gasteiger partial charge < -0.3 is 9.84 Å². The van der Waals surface area contributed by atoms with Gasteiger partial charge in [0.05, 0.1) is 6.61 Å². The third kappa shape index (κ3) is 1.32. The predicted molar refractivity (Wildman–Crippen MR) is 45.0 cm³/mol. The van der Waals surface area contributed by atoms with Gasteiger partial charge in [0.1, 0.15) is 0 Å². The summed E-state index contributed by atoms with van der Waals surface area (Å²) in [6.45, 7) is 5.33. The fourth-order valence-corrected chi connectivity index (χ4v) is 1.40. The molecule has 0 aromatic rings. The summed E-state index contributed by atoms with van der Waals surface area (Å²) >= 11 is 0. The summed E-state index contributed by atoms with van der Waals surface area (Å²) in [6, 6.07) is 0. The first-order valence-corrected chi connectivity index (χ1v) is 4.12. The highest BCUT2D eigenvalue weighted by atomic mass is 16.5. The maximum absolute atomic E-state index is 11.3. The van der Waals surface area contributed by atoms with Crippen LogP contribution in [0.4, 0.5) is 0 Å². The third-order valence-corrected chi connectivity index (χ3v) is 2.32. The highest BCUT2D eigenvalue weighted by Crippen LogP contribution is 2.54. The molecule has 0 heterocycles. The molecule has 4 nitrogen and oxygen atoms in total. The van der Waals surface area contributed by atoms with Gasteiger partial charge in [-0.05, 0) is 13.3 Å². The van der Waals surface area contributed by atoms with Crippen molar-refractivity contribution in [3.63, 3.8) is 0 Å². The quantitative estimate of drug-likeness (QED) is 0.399. The highest BCUT2D eigenvalue weighted by Gasteiger charge is 2.66. The summed E-state index contributed by atoms with van der Waals surface area (Å²) in [4.78, 5) is 22.1. The molecule has 1 fully saturated rings. The van der Waals surface area contributed by atoms with Gasteiger partial charge in [-0.15, -0.1) is 6.58 Å². The van der Waals surface area contributed by atoms with Gasteiger partial charge in [0.2, 0.25) is 0 Å². The lowest BCUT2D eigenvalue weighted by Gasteiger charge is -2.09. The van der Waals surface area contributed by atoms with Gasteiger partial charge in [-0.3, -0.25) is 9.59 Å². The van der Waals surface area contributed by atoms with Crippen LogP contribution in [0.25, 0.3) is 0 Å². The van der Waals surface area contributed by atoms with Gasteiger partial charge in [-0.25, -0.2) is 0 Å². The van der Waals surface area contributed by atoms with E-state index in [1.807, 2.05) is 0 Å². The minimum absolute atomic E-state index is 0.206. The van der Waals surface area contributed by atoms with Crippen molar-refractivity contribution in [3.05, 3.63) is 12.7 Å². The lowest BCUT2D eigenvalue weighted by Crippen LogP contribution is -2.29. The van der Waals surface area contributed by atoms with Crippen LogP contribution in [0.2, 0.25) is 0 Å². The Morgan fingerprint density at radius 3 is 2.69 bits per heavy atom. The third-order valence-electron chi connectivity index (χ3n) is 2.32. The molecule has 1 aliphatic rings. The number of carbonyl (C=O) groups excluding carboxylic acids is 1. The molecular weight excluding hydrogens is 172 g/mol. The average Bonchev–Trinajstić information content (AvgIpc) is 2.79. The van der Waals surface area contributed by atoms with Crippen molar-refractivity contribution >= 4 is 11.9 Å². The van der Waals surface area contributed by atoms with Crippen LogP contribution in [-0.4, -0.2) is 23.7 Å². The van der Waals surface area contributed by atoms with E-state index in [0.29, 0.717) is 6.42 Å². The molecule has 0 amide bonds. The van der Waals surface area contributed by atoms with Gasteiger partial charge in [0, 0.05) is 5.92 Å². The molecule has 0 saturated heterocycles. The Kier molecular flexibility index (Phi) is 2.40. The van der Waals surface area contributed by atoms with Gasteiger partial charge in [-0.2, -0.15) is 0 Å². The first-order chi connectivity index (χ1) is 6.09. The molecule has 0 aliphatic heterocycles. The summed E-state index contributed by atoms with van der Waals surface area (Å²) in [7, 11) is 0. The molecule has 1 N–H and O–H groups in total. The van der Waals surface area contributed by atoms with E-state index in [1.165, 1.54) is 6.08 Å². The molecule has 0 bridgehead atoms. The predicted octanol–water partition coefficient (Wildman–Crippen LogP) is 0.826. The number of rotatable bonds is 4. The maximum Gasteiger partial charge on any atom is 0.324 e. The second-order valence-electron chi connectivity index (χ2n) is 3.04. The zero-order chi connectivity index (χ0) is 10.1. The Balaban J connectivity index is 2.77. The van der Waals surface area contributed by atoms with Crippen molar-refractivity contribution in [1.82, 2.24) is 0 Å². The Morgan fingerprint density at radius 2 is 2.38 bits per heavy atom. The number of ether oxygens (including phenoxy) is 1. The molecule has 0 spiro atoms. The van der Waals surface area contributed by atoms with Crippen LogP contribution in [0, 0.1) is 11.3 Å². The molecule has 2 atom stereocenters. The molecule has 0 aromatic carbocycles. The SMILES string of the molecule is C=CC1CC1(C(=O)O)C(=O)OCC. The summed E-state index contributed by atoms with van der Waals surface area (Å²) in [5.74, 6) is -2.03. The summed E-state index contributed by atoms with van der Waals surface area (Å²) < 4.78 is 4.70. The fourth-order valence-electron chi connectivity index (χ4n) is 1.40. The van der Waals surface area contributed by atoms with Gasteiger partial charge in [-0.1, -0.05) is 6.08 Å². The van der Waals surface area contributed by atoms with E-state index in [0.717, 1.165) is 0 Å². The average molecular weight is 184 g/mol. The molecule has 1 aliphatic carbocycles. The van der Waals surface area contributed by atoms with Crippen molar-refractivity contribution in [2.75, 3.05) is 6.61 Å². The summed E-state index contributed by atoms with van der Waals surface area (Å²) in [6.07, 6.45) is 1.80. The van der Waals surface area contributed by atoms with Crippen LogP contribution < -0.4 is 0 Å². The van der Waals surface area contributed by atoms with Gasteiger partial charge in [0.15, 0.2) is 5.41 Å². The monoisotopic (exact) mass is 184 g/mol. The minimum atomic E-state index is -1.34. The van der Waals surface area contributed by atoms with Gasteiger partial charge >= 0.3 is 11.9 Å². The maximum atomic E-state index is 11.3. The lowest BCUT2D eigenvalue weighted by molar-refractivity contribution is -0.161. The Hall–Kier alpha value is -1.32. The van der Waals surface area contributed by atoms with Crippen molar-refractivity contribution in [2.24, 2.45) is 11.3 Å². The number of carboxylic acids is 1. The van der Waals surface area contributed by atoms with Crippen LogP contribution in [0.3, 0.4) is 0 Å². The van der Waals surface area contributed by atoms with Crippen LogP contribution in [0.1, 0.15) is 13.3 Å². The number of aliphatic carboxylic acids is 1.